The summed E-state index contributed by atoms with van der Waals surface area (Å²) in [6, 6.07) is 7.79. The van der Waals surface area contributed by atoms with Gasteiger partial charge >= 0.3 is 5.97 Å². The van der Waals surface area contributed by atoms with Crippen LogP contribution in [0.15, 0.2) is 41.2 Å². The Morgan fingerprint density at radius 2 is 2.17 bits per heavy atom. The summed E-state index contributed by atoms with van der Waals surface area (Å²) < 4.78 is 1.46. The predicted molar refractivity (Wildman–Crippen MR) is 88.3 cm³/mol. The van der Waals surface area contributed by atoms with Gasteiger partial charge in [-0.1, -0.05) is 24.3 Å². The third kappa shape index (κ3) is 2.15. The summed E-state index contributed by atoms with van der Waals surface area (Å²) in [5.41, 5.74) is 0.0743. The van der Waals surface area contributed by atoms with E-state index in [1.807, 2.05) is 6.07 Å². The van der Waals surface area contributed by atoms with Crippen molar-refractivity contribution in [3.63, 3.8) is 0 Å². The predicted octanol–water partition coefficient (Wildman–Crippen LogP) is 2.16. The zero-order valence-corrected chi connectivity index (χ0v) is 12.6. The molecule has 2 atom stereocenters. The Hall–Kier alpha value is -3.15. The molecule has 0 amide bonds. The molecule has 1 aliphatic heterocycles. The zero-order chi connectivity index (χ0) is 16.9. The molecular formula is C18H14N2O4. The van der Waals surface area contributed by atoms with Crippen LogP contribution in [0.4, 0.5) is 0 Å². The molecule has 120 valence electrons. The number of nitrogens with zero attached hydrogens (tertiary/aromatic N) is 2. The van der Waals surface area contributed by atoms with Crippen molar-refractivity contribution in [3.05, 3.63) is 63.8 Å². The zero-order valence-electron chi connectivity index (χ0n) is 12.6. The van der Waals surface area contributed by atoms with Gasteiger partial charge in [0, 0.05) is 6.07 Å². The first kappa shape index (κ1) is 14.4. The van der Waals surface area contributed by atoms with Gasteiger partial charge in [0.1, 0.15) is 17.0 Å². The fourth-order valence-electron chi connectivity index (χ4n) is 3.14. The number of fused-ring (bicyclic) bond motifs is 3. The highest BCUT2D eigenvalue weighted by Gasteiger charge is 2.62. The van der Waals surface area contributed by atoms with Crippen LogP contribution in [0.5, 0.6) is 5.75 Å². The van der Waals surface area contributed by atoms with Gasteiger partial charge in [0.05, 0.1) is 11.7 Å². The van der Waals surface area contributed by atoms with E-state index in [-0.39, 0.29) is 17.4 Å². The van der Waals surface area contributed by atoms with Gasteiger partial charge in [0.2, 0.25) is 0 Å². The van der Waals surface area contributed by atoms with Crippen molar-refractivity contribution >= 4 is 24.2 Å². The molecule has 1 aliphatic carbocycles. The van der Waals surface area contributed by atoms with E-state index < -0.39 is 11.4 Å². The van der Waals surface area contributed by atoms with Crippen molar-refractivity contribution < 1.29 is 15.0 Å². The number of benzene rings is 1. The number of rotatable bonds is 3. The van der Waals surface area contributed by atoms with Crippen LogP contribution in [0.3, 0.4) is 0 Å². The summed E-state index contributed by atoms with van der Waals surface area (Å²) in [4.78, 5) is 28.2. The summed E-state index contributed by atoms with van der Waals surface area (Å²) in [6.07, 6.45) is 7.10. The summed E-state index contributed by atoms with van der Waals surface area (Å²) in [5, 5.41) is 18.8. The van der Waals surface area contributed by atoms with Crippen molar-refractivity contribution in [1.82, 2.24) is 9.55 Å². The smallest absolute Gasteiger partial charge is 0.315 e. The Bertz CT molecular complexity index is 973. The number of aromatic nitrogens is 2. The Balaban J connectivity index is 1.69. The highest BCUT2D eigenvalue weighted by Crippen LogP contribution is 2.59. The molecule has 2 N–H and O–H groups in total. The van der Waals surface area contributed by atoms with E-state index in [2.05, 4.69) is 4.98 Å². The lowest BCUT2D eigenvalue weighted by atomic mass is 10.0. The second-order valence-electron chi connectivity index (χ2n) is 6.07. The quantitative estimate of drug-likeness (QED) is 0.903. The van der Waals surface area contributed by atoms with Crippen LogP contribution in [0.2, 0.25) is 0 Å². The van der Waals surface area contributed by atoms with E-state index in [4.69, 9.17) is 0 Å². The van der Waals surface area contributed by atoms with E-state index in [0.717, 1.165) is 5.56 Å². The van der Waals surface area contributed by atoms with Gasteiger partial charge in [-0.3, -0.25) is 14.2 Å². The Morgan fingerprint density at radius 1 is 1.33 bits per heavy atom. The van der Waals surface area contributed by atoms with Crippen LogP contribution in [0.25, 0.3) is 18.2 Å². The number of aromatic hydroxyl groups is 1. The van der Waals surface area contributed by atoms with Gasteiger partial charge in [-0.25, -0.2) is 4.98 Å². The van der Waals surface area contributed by atoms with E-state index in [1.54, 1.807) is 42.5 Å². The summed E-state index contributed by atoms with van der Waals surface area (Å²) in [6.45, 7) is 0. The molecule has 1 aromatic carbocycles. The minimum Gasteiger partial charge on any atom is -0.508 e. The Labute approximate surface area is 137 Å². The number of carbonyl (C=O) groups is 1. The number of phenolic OH excluding ortho intramolecular Hbond substituents is 1. The first-order valence-electron chi connectivity index (χ1n) is 7.53. The van der Waals surface area contributed by atoms with E-state index in [0.29, 0.717) is 17.9 Å². The first-order valence-corrected chi connectivity index (χ1v) is 7.53. The van der Waals surface area contributed by atoms with Gasteiger partial charge in [0.15, 0.2) is 0 Å². The number of aliphatic carboxylic acids is 1. The maximum Gasteiger partial charge on any atom is 0.315 e. The van der Waals surface area contributed by atoms with Gasteiger partial charge in [-0.2, -0.15) is 0 Å². The van der Waals surface area contributed by atoms with Crippen molar-refractivity contribution in [2.24, 2.45) is 5.41 Å². The van der Waals surface area contributed by atoms with Gasteiger partial charge in [-0.05, 0) is 36.3 Å². The third-order valence-electron chi connectivity index (χ3n) is 4.52. The molecule has 1 saturated carbocycles. The maximum atomic E-state index is 12.4. The van der Waals surface area contributed by atoms with Crippen LogP contribution in [0.1, 0.15) is 29.5 Å². The maximum absolute atomic E-state index is 12.4. The largest absolute Gasteiger partial charge is 0.508 e. The lowest BCUT2D eigenvalue weighted by Gasteiger charge is -2.17. The van der Waals surface area contributed by atoms with Gasteiger partial charge in [0.25, 0.3) is 5.56 Å². The first-order chi connectivity index (χ1) is 11.5. The van der Waals surface area contributed by atoms with E-state index >= 15 is 0 Å². The molecule has 0 spiro atoms. The molecule has 0 radical (unpaired) electrons. The molecule has 2 unspecified atom stereocenters. The van der Waals surface area contributed by atoms with Crippen molar-refractivity contribution in [2.45, 2.75) is 12.5 Å². The summed E-state index contributed by atoms with van der Waals surface area (Å²) in [5.74, 6) is -0.274. The third-order valence-corrected chi connectivity index (χ3v) is 4.52. The Morgan fingerprint density at radius 3 is 2.92 bits per heavy atom. The molecule has 1 fully saturated rings. The normalized spacial score (nSPS) is 23.8. The molecule has 0 bridgehead atoms. The second kappa shape index (κ2) is 4.92. The molecular weight excluding hydrogens is 308 g/mol. The highest BCUT2D eigenvalue weighted by atomic mass is 16.4. The van der Waals surface area contributed by atoms with Crippen molar-refractivity contribution in [3.8, 4) is 5.75 Å². The Kier molecular flexibility index (Phi) is 2.96. The SMILES string of the molecule is O=C(O)C12C=Cc3nc(/C=C/c4cccc(O)c4)cc(=O)n3C1C2. The average molecular weight is 322 g/mol. The van der Waals surface area contributed by atoms with Crippen LogP contribution in [0, 0.1) is 5.41 Å². The number of hydrogen-bond acceptors (Lipinski definition) is 4. The molecule has 24 heavy (non-hydrogen) atoms. The topological polar surface area (TPSA) is 92.4 Å². The molecule has 2 heterocycles. The van der Waals surface area contributed by atoms with E-state index in [1.165, 1.54) is 10.6 Å². The fourth-order valence-corrected chi connectivity index (χ4v) is 3.14. The number of carboxylic acids is 1. The highest BCUT2D eigenvalue weighted by molar-refractivity contribution is 5.84. The average Bonchev–Trinajstić information content (AvgIpc) is 3.29. The fraction of sp³-hybridized carbons (Fsp3) is 0.167. The molecule has 1 aromatic heterocycles. The summed E-state index contributed by atoms with van der Waals surface area (Å²) >= 11 is 0. The van der Waals surface area contributed by atoms with Crippen LogP contribution >= 0.6 is 0 Å². The van der Waals surface area contributed by atoms with Crippen molar-refractivity contribution in [2.75, 3.05) is 0 Å². The summed E-state index contributed by atoms with van der Waals surface area (Å²) in [7, 11) is 0. The molecule has 4 rings (SSSR count). The minimum absolute atomic E-state index is 0.164. The number of phenols is 1. The molecule has 6 nitrogen and oxygen atoms in total. The lowest BCUT2D eigenvalue weighted by molar-refractivity contribution is -0.141. The van der Waals surface area contributed by atoms with Crippen LogP contribution in [-0.2, 0) is 4.79 Å². The van der Waals surface area contributed by atoms with E-state index in [9.17, 15) is 19.8 Å². The van der Waals surface area contributed by atoms with Gasteiger partial charge < -0.3 is 10.2 Å². The number of carboxylic acid groups (broad SMARTS) is 1. The second-order valence-corrected chi connectivity index (χ2v) is 6.07. The van der Waals surface area contributed by atoms with Crippen molar-refractivity contribution in [1.29, 1.82) is 0 Å². The lowest BCUT2D eigenvalue weighted by Crippen LogP contribution is -2.29. The molecule has 2 aromatic rings. The standard InChI is InChI=1S/C18H14N2O4/c21-13-3-1-2-11(8-13)4-5-12-9-16(22)20-14-10-18(14,17(23)24)7-6-15(20)19-12/h1-9,14,21H,10H2,(H,23,24)/b5-4+. The van der Waals surface area contributed by atoms with Gasteiger partial charge in [-0.15, -0.1) is 0 Å². The molecule has 6 heteroatoms. The minimum atomic E-state index is -0.947. The molecule has 0 saturated heterocycles. The molecule has 2 aliphatic rings. The van der Waals surface area contributed by atoms with Crippen LogP contribution < -0.4 is 5.56 Å². The van der Waals surface area contributed by atoms with Crippen LogP contribution in [-0.4, -0.2) is 25.7 Å². The number of hydrogen-bond donors (Lipinski definition) is 2. The monoisotopic (exact) mass is 322 g/mol.